The fourth-order valence-corrected chi connectivity index (χ4v) is 4.72. The summed E-state index contributed by atoms with van der Waals surface area (Å²) >= 11 is 0. The molecule has 0 radical (unpaired) electrons. The highest BCUT2D eigenvalue weighted by atomic mass is 16.5. The van der Waals surface area contributed by atoms with Crippen molar-refractivity contribution in [2.45, 2.75) is 18.5 Å². The lowest BCUT2D eigenvalue weighted by Crippen LogP contribution is -2.45. The molecule has 0 aliphatic carbocycles. The van der Waals surface area contributed by atoms with E-state index in [1.165, 1.54) is 4.90 Å². The number of fused-ring (bicyclic) bond motifs is 4. The van der Waals surface area contributed by atoms with Gasteiger partial charge in [-0.2, -0.15) is 0 Å². The van der Waals surface area contributed by atoms with E-state index in [2.05, 4.69) is 0 Å². The van der Waals surface area contributed by atoms with Gasteiger partial charge in [-0.3, -0.25) is 9.59 Å². The lowest BCUT2D eigenvalue weighted by atomic mass is 9.98. The maximum absolute atomic E-state index is 13.3. The Morgan fingerprint density at radius 2 is 1.56 bits per heavy atom. The summed E-state index contributed by atoms with van der Waals surface area (Å²) in [6, 6.07) is 15.1. The van der Waals surface area contributed by atoms with E-state index >= 15 is 0 Å². The van der Waals surface area contributed by atoms with Crippen LogP contribution < -0.4 is 4.74 Å². The third-order valence-electron chi connectivity index (χ3n) is 6.30. The number of hydrogen-bond donors (Lipinski definition) is 0. The Bertz CT molecular complexity index is 1090. The number of para-hydroxylation sites is 1. The molecule has 2 aromatic carbocycles. The molecule has 0 N–H and O–H groups in total. The van der Waals surface area contributed by atoms with Crippen LogP contribution in [0.5, 0.6) is 5.75 Å². The second kappa shape index (κ2) is 9.75. The average molecular weight is 464 g/mol. The molecule has 2 aliphatic rings. The molecule has 34 heavy (non-hydrogen) atoms. The zero-order chi connectivity index (χ0) is 24.4. The Kier molecular flexibility index (Phi) is 6.77. The van der Waals surface area contributed by atoms with Crippen molar-refractivity contribution in [2.75, 3.05) is 54.9 Å². The van der Waals surface area contributed by atoms with Crippen LogP contribution in [-0.2, 0) is 4.79 Å². The summed E-state index contributed by atoms with van der Waals surface area (Å²) in [6.07, 6.45) is 0.702. The van der Waals surface area contributed by atoms with Crippen molar-refractivity contribution < 1.29 is 14.3 Å². The van der Waals surface area contributed by atoms with Crippen molar-refractivity contribution in [2.24, 2.45) is 4.99 Å². The van der Waals surface area contributed by atoms with Crippen LogP contribution in [0.3, 0.4) is 0 Å². The third-order valence-corrected chi connectivity index (χ3v) is 6.30. The zero-order valence-electron chi connectivity index (χ0n) is 20.6. The molecule has 8 nitrogen and oxygen atoms in total. The third kappa shape index (κ3) is 4.71. The van der Waals surface area contributed by atoms with E-state index in [1.807, 2.05) is 85.4 Å². The van der Waals surface area contributed by atoms with E-state index in [9.17, 15) is 9.59 Å². The number of benzene rings is 2. The summed E-state index contributed by atoms with van der Waals surface area (Å²) in [5.74, 6) is 1.27. The first kappa shape index (κ1) is 23.6. The first-order chi connectivity index (χ1) is 16.3. The standard InChI is InChI=1S/C26H33N5O3/c1-28(2)26(29(3)4)27-18-14-19-17-34-23-13-9-8-11-21(23)20-10-6-7-12-22(20)25(33)30(5)16-24(32)31(19)15-18/h6-13,18-19H,14-17H2,1-5H3/t18-,19+/m1/s1. The van der Waals surface area contributed by atoms with Crippen LogP contribution in [0.4, 0.5) is 0 Å². The quantitative estimate of drug-likeness (QED) is 0.479. The highest BCUT2D eigenvalue weighted by molar-refractivity contribution is 6.02. The first-order valence-electron chi connectivity index (χ1n) is 11.5. The maximum atomic E-state index is 13.3. The lowest BCUT2D eigenvalue weighted by molar-refractivity contribution is -0.133. The van der Waals surface area contributed by atoms with Crippen molar-refractivity contribution in [1.82, 2.24) is 19.6 Å². The predicted molar refractivity (Wildman–Crippen MR) is 133 cm³/mol. The Morgan fingerprint density at radius 1 is 0.941 bits per heavy atom. The lowest BCUT2D eigenvalue weighted by Gasteiger charge is -2.28. The number of guanidine groups is 1. The van der Waals surface area contributed by atoms with Gasteiger partial charge in [-0.15, -0.1) is 0 Å². The van der Waals surface area contributed by atoms with Gasteiger partial charge in [-0.25, -0.2) is 4.99 Å². The second-order valence-corrected chi connectivity index (χ2v) is 9.32. The van der Waals surface area contributed by atoms with Gasteiger partial charge in [0, 0.05) is 52.9 Å². The monoisotopic (exact) mass is 463 g/mol. The Balaban J connectivity index is 1.71. The number of nitrogens with zero attached hydrogens (tertiary/aromatic N) is 5. The van der Waals surface area contributed by atoms with Gasteiger partial charge < -0.3 is 24.3 Å². The summed E-state index contributed by atoms with van der Waals surface area (Å²) in [5.41, 5.74) is 2.22. The highest BCUT2D eigenvalue weighted by Gasteiger charge is 2.37. The number of carbonyl (C=O) groups is 2. The summed E-state index contributed by atoms with van der Waals surface area (Å²) in [7, 11) is 9.52. The molecule has 4 rings (SSSR count). The molecular weight excluding hydrogens is 430 g/mol. The summed E-state index contributed by atoms with van der Waals surface area (Å²) in [5, 5.41) is 0. The zero-order valence-corrected chi connectivity index (χ0v) is 20.6. The van der Waals surface area contributed by atoms with Gasteiger partial charge >= 0.3 is 0 Å². The van der Waals surface area contributed by atoms with Crippen molar-refractivity contribution >= 4 is 17.8 Å². The molecule has 2 heterocycles. The SMILES string of the molecule is CN(C)C(=N[C@@H]1C[C@H]2COc3ccccc3-c3ccccc3C(=O)N(C)CC(=O)N2C1)N(C)C. The number of carbonyl (C=O) groups excluding carboxylic acids is 2. The number of aliphatic imine (C=N–C) groups is 1. The molecule has 2 atom stereocenters. The van der Waals surface area contributed by atoms with Crippen molar-refractivity contribution in [1.29, 1.82) is 0 Å². The molecular formula is C26H33N5O3. The van der Waals surface area contributed by atoms with E-state index < -0.39 is 0 Å². The molecule has 0 aromatic heterocycles. The van der Waals surface area contributed by atoms with Gasteiger partial charge in [0.05, 0.1) is 18.6 Å². The predicted octanol–water partition coefficient (Wildman–Crippen LogP) is 2.27. The second-order valence-electron chi connectivity index (χ2n) is 9.32. The molecule has 0 saturated carbocycles. The Hall–Kier alpha value is -3.55. The molecule has 2 amide bonds. The number of ether oxygens (including phenoxy) is 1. The molecule has 8 heteroatoms. The van der Waals surface area contributed by atoms with E-state index in [-0.39, 0.29) is 30.4 Å². The van der Waals surface area contributed by atoms with E-state index in [0.717, 1.165) is 17.1 Å². The molecule has 1 fully saturated rings. The van der Waals surface area contributed by atoms with E-state index in [4.69, 9.17) is 9.73 Å². The van der Waals surface area contributed by atoms with E-state index in [1.54, 1.807) is 13.1 Å². The first-order valence-corrected chi connectivity index (χ1v) is 11.5. The molecule has 2 aromatic rings. The normalized spacial score (nSPS) is 20.3. The smallest absolute Gasteiger partial charge is 0.254 e. The van der Waals surface area contributed by atoms with Gasteiger partial charge in [-0.05, 0) is 24.1 Å². The van der Waals surface area contributed by atoms with Crippen LogP contribution in [0.1, 0.15) is 16.8 Å². The van der Waals surface area contributed by atoms with Crippen LogP contribution >= 0.6 is 0 Å². The number of hydrogen-bond acceptors (Lipinski definition) is 4. The summed E-state index contributed by atoms with van der Waals surface area (Å²) in [6.45, 7) is 0.877. The molecule has 2 aliphatic heterocycles. The maximum Gasteiger partial charge on any atom is 0.254 e. The van der Waals surface area contributed by atoms with Gasteiger partial charge in [0.15, 0.2) is 5.96 Å². The topological polar surface area (TPSA) is 68.7 Å². The van der Waals surface area contributed by atoms with Crippen molar-refractivity contribution in [3.8, 4) is 16.9 Å². The molecule has 180 valence electrons. The van der Waals surface area contributed by atoms with Gasteiger partial charge in [0.1, 0.15) is 12.4 Å². The van der Waals surface area contributed by atoms with E-state index in [0.29, 0.717) is 30.9 Å². The Labute approximate surface area is 201 Å². The van der Waals surface area contributed by atoms with Crippen LogP contribution in [-0.4, -0.2) is 104 Å². The summed E-state index contributed by atoms with van der Waals surface area (Å²) < 4.78 is 6.30. The van der Waals surface area contributed by atoms with Gasteiger partial charge in [0.25, 0.3) is 5.91 Å². The fourth-order valence-electron chi connectivity index (χ4n) is 4.72. The largest absolute Gasteiger partial charge is 0.491 e. The molecule has 0 unspecified atom stereocenters. The highest BCUT2D eigenvalue weighted by Crippen LogP contribution is 2.34. The minimum Gasteiger partial charge on any atom is -0.491 e. The molecule has 0 spiro atoms. The van der Waals surface area contributed by atoms with Crippen LogP contribution in [0.25, 0.3) is 11.1 Å². The fraction of sp³-hybridized carbons (Fsp3) is 0.423. The summed E-state index contributed by atoms with van der Waals surface area (Å²) in [4.78, 5) is 38.9. The minimum absolute atomic E-state index is 0.00989. The van der Waals surface area contributed by atoms with Gasteiger partial charge in [0.2, 0.25) is 5.91 Å². The van der Waals surface area contributed by atoms with Crippen molar-refractivity contribution in [3.63, 3.8) is 0 Å². The number of rotatable bonds is 1. The number of likely N-dealkylation sites (N-methyl/N-ethyl adjacent to an activating group) is 1. The van der Waals surface area contributed by atoms with Crippen LogP contribution in [0.15, 0.2) is 53.5 Å². The van der Waals surface area contributed by atoms with Crippen LogP contribution in [0, 0.1) is 0 Å². The number of amides is 2. The van der Waals surface area contributed by atoms with Crippen LogP contribution in [0.2, 0.25) is 0 Å². The van der Waals surface area contributed by atoms with Gasteiger partial charge in [-0.1, -0.05) is 36.4 Å². The average Bonchev–Trinajstić information content (AvgIpc) is 3.23. The minimum atomic E-state index is -0.188. The molecule has 0 bridgehead atoms. The Morgan fingerprint density at radius 3 is 2.24 bits per heavy atom. The molecule has 1 saturated heterocycles. The van der Waals surface area contributed by atoms with Crippen molar-refractivity contribution in [3.05, 3.63) is 54.1 Å².